The van der Waals surface area contributed by atoms with Crippen LogP contribution in [0.5, 0.6) is 0 Å². The molecule has 1 unspecified atom stereocenters. The van der Waals surface area contributed by atoms with Crippen molar-refractivity contribution in [3.8, 4) is 0 Å². The van der Waals surface area contributed by atoms with Gasteiger partial charge < -0.3 is 0 Å². The minimum atomic E-state index is -0.178. The molecule has 13 heavy (non-hydrogen) atoms. The van der Waals surface area contributed by atoms with E-state index in [1.165, 1.54) is 0 Å². The lowest BCUT2D eigenvalue weighted by molar-refractivity contribution is -0.315. The van der Waals surface area contributed by atoms with E-state index in [9.17, 15) is 0 Å². The Labute approximate surface area is 81.7 Å². The molecule has 0 amide bonds. The largest absolute Gasteiger partial charge is 0.232 e. The molecule has 0 aromatic heterocycles. The second kappa shape index (κ2) is 3.92. The van der Waals surface area contributed by atoms with Gasteiger partial charge in [0.2, 0.25) is 0 Å². The fourth-order valence-corrected chi connectivity index (χ4v) is 1.47. The smallest absolute Gasteiger partial charge is 0.138 e. The van der Waals surface area contributed by atoms with Crippen molar-refractivity contribution in [2.75, 3.05) is 6.61 Å². The summed E-state index contributed by atoms with van der Waals surface area (Å²) in [6.07, 6.45) is 3.67. The number of halogens is 1. The highest BCUT2D eigenvalue weighted by atomic mass is 35.5. The van der Waals surface area contributed by atoms with Gasteiger partial charge >= 0.3 is 0 Å². The Morgan fingerprint density at radius 1 is 1.31 bits per heavy atom. The van der Waals surface area contributed by atoms with Crippen LogP contribution in [0, 0.1) is 0 Å². The van der Waals surface area contributed by atoms with Crippen molar-refractivity contribution in [1.29, 1.82) is 0 Å². The van der Waals surface area contributed by atoms with Crippen LogP contribution in [0.25, 0.3) is 0 Å². The molecule has 0 bridgehead atoms. The Morgan fingerprint density at radius 3 is 2.85 bits per heavy atom. The lowest BCUT2D eigenvalue weighted by atomic mass is 10.1. The van der Waals surface area contributed by atoms with Crippen molar-refractivity contribution in [2.45, 2.75) is 6.10 Å². The SMILES string of the molecule is Clc1ccccc1C1C=CCOO1. The highest BCUT2D eigenvalue weighted by Crippen LogP contribution is 2.27. The minimum absolute atomic E-state index is 0.178. The van der Waals surface area contributed by atoms with Gasteiger partial charge in [0, 0.05) is 10.6 Å². The van der Waals surface area contributed by atoms with Gasteiger partial charge in [-0.2, -0.15) is 0 Å². The highest BCUT2D eigenvalue weighted by molar-refractivity contribution is 6.31. The zero-order chi connectivity index (χ0) is 9.10. The molecule has 2 rings (SSSR count). The first-order valence-electron chi connectivity index (χ1n) is 4.07. The Hall–Kier alpha value is -0.830. The van der Waals surface area contributed by atoms with Crippen molar-refractivity contribution >= 4 is 11.6 Å². The van der Waals surface area contributed by atoms with E-state index in [4.69, 9.17) is 21.4 Å². The van der Waals surface area contributed by atoms with Crippen LogP contribution in [0.2, 0.25) is 5.02 Å². The standard InChI is InChI=1S/C10H9ClO2/c11-9-5-2-1-4-8(9)10-6-3-7-12-13-10/h1-6,10H,7H2. The molecule has 1 aromatic rings. The van der Waals surface area contributed by atoms with E-state index < -0.39 is 0 Å². The van der Waals surface area contributed by atoms with Gasteiger partial charge in [-0.05, 0) is 12.1 Å². The summed E-state index contributed by atoms with van der Waals surface area (Å²) in [7, 11) is 0. The third kappa shape index (κ3) is 1.91. The Balaban J connectivity index is 2.29. The van der Waals surface area contributed by atoms with Crippen LogP contribution in [0.4, 0.5) is 0 Å². The predicted molar refractivity (Wildman–Crippen MR) is 50.4 cm³/mol. The van der Waals surface area contributed by atoms with E-state index in [0.717, 1.165) is 5.56 Å². The molecule has 0 fully saturated rings. The molecule has 1 atom stereocenters. The predicted octanol–water partition coefficient (Wildman–Crippen LogP) is 2.90. The molecular formula is C10H9ClO2. The molecule has 0 aliphatic carbocycles. The Kier molecular flexibility index (Phi) is 2.64. The van der Waals surface area contributed by atoms with Gasteiger partial charge in [0.25, 0.3) is 0 Å². The molecule has 1 aliphatic heterocycles. The van der Waals surface area contributed by atoms with Crippen molar-refractivity contribution in [2.24, 2.45) is 0 Å². The monoisotopic (exact) mass is 196 g/mol. The van der Waals surface area contributed by atoms with E-state index in [-0.39, 0.29) is 6.10 Å². The Bertz CT molecular complexity index is 322. The summed E-state index contributed by atoms with van der Waals surface area (Å²) in [5.74, 6) is 0. The number of rotatable bonds is 1. The molecule has 1 aromatic carbocycles. The molecule has 3 heteroatoms. The van der Waals surface area contributed by atoms with Crippen LogP contribution in [0.3, 0.4) is 0 Å². The summed E-state index contributed by atoms with van der Waals surface area (Å²) in [5, 5.41) is 0.697. The average molecular weight is 197 g/mol. The van der Waals surface area contributed by atoms with Crippen LogP contribution in [0.1, 0.15) is 11.7 Å². The molecule has 1 heterocycles. The Morgan fingerprint density at radius 2 is 2.15 bits per heavy atom. The second-order valence-corrected chi connectivity index (χ2v) is 3.16. The van der Waals surface area contributed by atoms with Gasteiger partial charge in [0.05, 0.1) is 0 Å². The molecular weight excluding hydrogens is 188 g/mol. The third-order valence-corrected chi connectivity index (χ3v) is 2.20. The van der Waals surface area contributed by atoms with E-state index >= 15 is 0 Å². The van der Waals surface area contributed by atoms with Gasteiger partial charge in [0.15, 0.2) is 0 Å². The zero-order valence-electron chi connectivity index (χ0n) is 6.94. The average Bonchev–Trinajstić information content (AvgIpc) is 2.20. The fraction of sp³-hybridized carbons (Fsp3) is 0.200. The summed E-state index contributed by atoms with van der Waals surface area (Å²) in [5.41, 5.74) is 0.931. The van der Waals surface area contributed by atoms with Gasteiger partial charge in [-0.1, -0.05) is 35.9 Å². The van der Waals surface area contributed by atoms with Gasteiger partial charge in [-0.25, -0.2) is 9.78 Å². The maximum atomic E-state index is 5.99. The van der Waals surface area contributed by atoms with Crippen molar-refractivity contribution in [3.05, 3.63) is 47.0 Å². The fourth-order valence-electron chi connectivity index (χ4n) is 1.22. The molecule has 0 saturated carbocycles. The molecule has 0 N–H and O–H groups in total. The molecule has 0 spiro atoms. The lowest BCUT2D eigenvalue weighted by Gasteiger charge is -2.17. The highest BCUT2D eigenvalue weighted by Gasteiger charge is 2.14. The second-order valence-electron chi connectivity index (χ2n) is 2.75. The molecule has 0 radical (unpaired) electrons. The third-order valence-electron chi connectivity index (χ3n) is 1.86. The zero-order valence-corrected chi connectivity index (χ0v) is 7.70. The van der Waals surface area contributed by atoms with Crippen LogP contribution >= 0.6 is 11.6 Å². The van der Waals surface area contributed by atoms with Gasteiger partial charge in [-0.15, -0.1) is 0 Å². The van der Waals surface area contributed by atoms with E-state index in [1.807, 2.05) is 36.4 Å². The summed E-state index contributed by atoms with van der Waals surface area (Å²) in [6, 6.07) is 7.57. The lowest BCUT2D eigenvalue weighted by Crippen LogP contribution is -2.08. The maximum absolute atomic E-state index is 5.99. The number of hydrogen-bond donors (Lipinski definition) is 0. The number of benzene rings is 1. The first-order valence-corrected chi connectivity index (χ1v) is 4.45. The van der Waals surface area contributed by atoms with Crippen molar-refractivity contribution < 1.29 is 9.78 Å². The normalized spacial score (nSPS) is 21.8. The van der Waals surface area contributed by atoms with E-state index in [2.05, 4.69) is 0 Å². The minimum Gasteiger partial charge on any atom is -0.232 e. The summed E-state index contributed by atoms with van der Waals surface area (Å²) < 4.78 is 0. The van der Waals surface area contributed by atoms with E-state index in [1.54, 1.807) is 0 Å². The maximum Gasteiger partial charge on any atom is 0.138 e. The van der Waals surface area contributed by atoms with Crippen LogP contribution in [0.15, 0.2) is 36.4 Å². The van der Waals surface area contributed by atoms with Crippen LogP contribution in [-0.2, 0) is 9.78 Å². The topological polar surface area (TPSA) is 18.5 Å². The van der Waals surface area contributed by atoms with Crippen molar-refractivity contribution in [1.82, 2.24) is 0 Å². The van der Waals surface area contributed by atoms with Crippen molar-refractivity contribution in [3.63, 3.8) is 0 Å². The number of hydrogen-bond acceptors (Lipinski definition) is 2. The van der Waals surface area contributed by atoms with Crippen LogP contribution in [-0.4, -0.2) is 6.61 Å². The first-order chi connectivity index (χ1) is 6.38. The van der Waals surface area contributed by atoms with Crippen LogP contribution < -0.4 is 0 Å². The van der Waals surface area contributed by atoms with E-state index in [0.29, 0.717) is 11.6 Å². The molecule has 0 saturated heterocycles. The quantitative estimate of drug-likeness (QED) is 0.508. The summed E-state index contributed by atoms with van der Waals surface area (Å²) in [6.45, 7) is 0.501. The molecule has 2 nitrogen and oxygen atoms in total. The molecule has 68 valence electrons. The molecule has 1 aliphatic rings. The summed E-state index contributed by atoms with van der Waals surface area (Å²) in [4.78, 5) is 9.92. The van der Waals surface area contributed by atoms with Gasteiger partial charge in [0.1, 0.15) is 12.7 Å². The van der Waals surface area contributed by atoms with Gasteiger partial charge in [-0.3, -0.25) is 0 Å². The summed E-state index contributed by atoms with van der Waals surface area (Å²) >= 11 is 5.99. The first kappa shape index (κ1) is 8.75.